The van der Waals surface area contributed by atoms with Crippen molar-refractivity contribution in [3.05, 3.63) is 51.5 Å². The molecule has 0 spiro atoms. The molecule has 2 aromatic rings. The van der Waals surface area contributed by atoms with Gasteiger partial charge in [0.25, 0.3) is 0 Å². The van der Waals surface area contributed by atoms with Gasteiger partial charge >= 0.3 is 0 Å². The summed E-state index contributed by atoms with van der Waals surface area (Å²) in [5, 5.41) is 5.92. The van der Waals surface area contributed by atoms with E-state index in [0.717, 1.165) is 16.8 Å². The summed E-state index contributed by atoms with van der Waals surface area (Å²) in [5.41, 5.74) is 1.23. The number of nitrogens with zero attached hydrogens (tertiary/aromatic N) is 1. The van der Waals surface area contributed by atoms with E-state index in [2.05, 4.69) is 10.3 Å². The van der Waals surface area contributed by atoms with Gasteiger partial charge in [-0.3, -0.25) is 0 Å². The molecule has 0 saturated heterocycles. The third kappa shape index (κ3) is 2.73. The highest BCUT2D eigenvalue weighted by atomic mass is 32.1. The van der Waals surface area contributed by atoms with Crippen molar-refractivity contribution in [2.75, 3.05) is 7.05 Å². The van der Waals surface area contributed by atoms with Crippen molar-refractivity contribution in [2.24, 2.45) is 0 Å². The molecule has 1 aromatic carbocycles. The highest BCUT2D eigenvalue weighted by Gasteiger charge is 2.18. The molecule has 1 atom stereocenters. The van der Waals surface area contributed by atoms with Gasteiger partial charge in [0.15, 0.2) is 11.6 Å². The Morgan fingerprint density at radius 3 is 2.78 bits per heavy atom. The number of hydrogen-bond acceptors (Lipinski definition) is 3. The van der Waals surface area contributed by atoms with Crippen LogP contribution in [0.25, 0.3) is 0 Å². The Bertz CT molecular complexity index is 540. The zero-order valence-electron chi connectivity index (χ0n) is 10.2. The van der Waals surface area contributed by atoms with E-state index in [1.54, 1.807) is 24.5 Å². The minimum atomic E-state index is -0.817. The molecule has 1 heterocycles. The molecule has 2 rings (SSSR count). The summed E-state index contributed by atoms with van der Waals surface area (Å²) in [5.74, 6) is -1.61. The van der Waals surface area contributed by atoms with E-state index in [4.69, 9.17) is 0 Å². The first-order valence-corrected chi connectivity index (χ1v) is 6.52. The van der Waals surface area contributed by atoms with Crippen molar-refractivity contribution in [1.82, 2.24) is 10.3 Å². The molecular weight excluding hydrogens is 254 g/mol. The molecule has 0 radical (unpaired) electrons. The van der Waals surface area contributed by atoms with Crippen LogP contribution in [0.2, 0.25) is 0 Å². The predicted octanol–water partition coefficient (Wildman–Crippen LogP) is 3.23. The van der Waals surface area contributed by atoms with E-state index < -0.39 is 11.6 Å². The van der Waals surface area contributed by atoms with Gasteiger partial charge in [-0.25, -0.2) is 13.8 Å². The van der Waals surface area contributed by atoms with Crippen molar-refractivity contribution in [3.63, 3.8) is 0 Å². The first-order valence-electron chi connectivity index (χ1n) is 5.64. The van der Waals surface area contributed by atoms with Gasteiger partial charge < -0.3 is 5.32 Å². The summed E-state index contributed by atoms with van der Waals surface area (Å²) in [6, 6.07) is 3.96. The lowest BCUT2D eigenvalue weighted by molar-refractivity contribution is 0.472. The number of aryl methyl sites for hydroxylation is 1. The predicted molar refractivity (Wildman–Crippen MR) is 68.7 cm³/mol. The van der Waals surface area contributed by atoms with Gasteiger partial charge in [-0.15, -0.1) is 11.3 Å². The zero-order valence-corrected chi connectivity index (χ0v) is 11.0. The molecule has 0 fully saturated rings. The van der Waals surface area contributed by atoms with E-state index in [9.17, 15) is 8.78 Å². The molecule has 5 heteroatoms. The quantitative estimate of drug-likeness (QED) is 0.921. The van der Waals surface area contributed by atoms with E-state index in [-0.39, 0.29) is 6.04 Å². The van der Waals surface area contributed by atoms with Crippen LogP contribution in [0.1, 0.15) is 22.3 Å². The molecule has 1 aromatic heterocycles. The van der Waals surface area contributed by atoms with Crippen molar-refractivity contribution in [3.8, 4) is 0 Å². The maximum atomic E-state index is 13.7. The molecule has 96 valence electrons. The third-order valence-corrected chi connectivity index (χ3v) is 3.61. The lowest BCUT2D eigenvalue weighted by Crippen LogP contribution is -2.20. The van der Waals surface area contributed by atoms with Crippen LogP contribution in [-0.2, 0) is 6.42 Å². The third-order valence-electron chi connectivity index (χ3n) is 2.79. The maximum Gasteiger partial charge on any atom is 0.163 e. The average Bonchev–Trinajstić information content (AvgIpc) is 2.76. The summed E-state index contributed by atoms with van der Waals surface area (Å²) < 4.78 is 26.9. The minimum Gasteiger partial charge on any atom is -0.313 e. The summed E-state index contributed by atoms with van der Waals surface area (Å²) in [7, 11) is 1.73. The topological polar surface area (TPSA) is 24.9 Å². The molecule has 0 aliphatic carbocycles. The smallest absolute Gasteiger partial charge is 0.163 e. The number of thiazole rings is 1. The minimum absolute atomic E-state index is 0.276. The van der Waals surface area contributed by atoms with E-state index in [1.165, 1.54) is 6.07 Å². The lowest BCUT2D eigenvalue weighted by atomic mass is 10.0. The lowest BCUT2D eigenvalue weighted by Gasteiger charge is -2.16. The van der Waals surface area contributed by atoms with Gasteiger partial charge in [-0.05, 0) is 20.0 Å². The Hall–Kier alpha value is -1.33. The van der Waals surface area contributed by atoms with Crippen LogP contribution >= 0.6 is 11.3 Å². The summed E-state index contributed by atoms with van der Waals surface area (Å²) in [6.07, 6.45) is 0.543. The Labute approximate surface area is 109 Å². The van der Waals surface area contributed by atoms with Gasteiger partial charge in [0.1, 0.15) is 0 Å². The van der Waals surface area contributed by atoms with Crippen molar-refractivity contribution in [2.45, 2.75) is 19.4 Å². The first kappa shape index (κ1) is 13.1. The number of nitrogens with one attached hydrogen (secondary N) is 1. The first-order chi connectivity index (χ1) is 8.61. The molecule has 0 bridgehead atoms. The average molecular weight is 268 g/mol. The van der Waals surface area contributed by atoms with Gasteiger partial charge in [-0.1, -0.05) is 12.1 Å². The van der Waals surface area contributed by atoms with Crippen LogP contribution in [0.3, 0.4) is 0 Å². The van der Waals surface area contributed by atoms with E-state index in [1.807, 2.05) is 12.3 Å². The SMILES string of the molecule is CNC(Cc1csc(C)n1)c1cccc(F)c1F. The van der Waals surface area contributed by atoms with Crippen molar-refractivity contribution < 1.29 is 8.78 Å². The van der Waals surface area contributed by atoms with Crippen LogP contribution in [0.4, 0.5) is 8.78 Å². The normalized spacial score (nSPS) is 12.7. The molecule has 1 unspecified atom stereocenters. The summed E-state index contributed by atoms with van der Waals surface area (Å²) in [6.45, 7) is 1.92. The molecule has 0 aliphatic rings. The number of rotatable bonds is 4. The maximum absolute atomic E-state index is 13.7. The second-order valence-corrected chi connectivity index (χ2v) is 5.11. The summed E-state index contributed by atoms with van der Waals surface area (Å²) >= 11 is 1.55. The van der Waals surface area contributed by atoms with Crippen molar-refractivity contribution >= 4 is 11.3 Å². The van der Waals surface area contributed by atoms with Gasteiger partial charge in [0.2, 0.25) is 0 Å². The van der Waals surface area contributed by atoms with Crippen LogP contribution in [0.5, 0.6) is 0 Å². The van der Waals surface area contributed by atoms with E-state index in [0.29, 0.717) is 12.0 Å². The molecule has 2 nitrogen and oxygen atoms in total. The van der Waals surface area contributed by atoms with Crippen LogP contribution in [-0.4, -0.2) is 12.0 Å². The van der Waals surface area contributed by atoms with Gasteiger partial charge in [-0.2, -0.15) is 0 Å². The number of halogens is 2. The number of benzene rings is 1. The second kappa shape index (κ2) is 5.54. The largest absolute Gasteiger partial charge is 0.313 e. The fraction of sp³-hybridized carbons (Fsp3) is 0.308. The monoisotopic (exact) mass is 268 g/mol. The molecule has 1 N–H and O–H groups in total. The zero-order chi connectivity index (χ0) is 13.1. The second-order valence-electron chi connectivity index (χ2n) is 4.05. The van der Waals surface area contributed by atoms with Gasteiger partial charge in [0, 0.05) is 23.4 Å². The summed E-state index contributed by atoms with van der Waals surface area (Å²) in [4.78, 5) is 4.34. The fourth-order valence-electron chi connectivity index (χ4n) is 1.87. The Balaban J connectivity index is 2.25. The molecule has 0 aliphatic heterocycles. The highest BCUT2D eigenvalue weighted by molar-refractivity contribution is 7.09. The fourth-order valence-corrected chi connectivity index (χ4v) is 2.49. The van der Waals surface area contributed by atoms with E-state index >= 15 is 0 Å². The Kier molecular flexibility index (Phi) is 4.04. The molecular formula is C13H14F2N2S. The van der Waals surface area contributed by atoms with Crippen LogP contribution in [0, 0.1) is 18.6 Å². The molecule has 0 saturated carbocycles. The van der Waals surface area contributed by atoms with Crippen LogP contribution in [0.15, 0.2) is 23.6 Å². The molecule has 18 heavy (non-hydrogen) atoms. The van der Waals surface area contributed by atoms with Gasteiger partial charge in [0.05, 0.1) is 10.7 Å². The Morgan fingerprint density at radius 1 is 1.39 bits per heavy atom. The Morgan fingerprint density at radius 2 is 2.17 bits per heavy atom. The standard InChI is InChI=1S/C13H14F2N2S/c1-8-17-9(7-18-8)6-12(16-2)10-4-3-5-11(14)13(10)15/h3-5,7,12,16H,6H2,1-2H3. The number of likely N-dealkylation sites (N-methyl/N-ethyl adjacent to an activating group) is 1. The number of aromatic nitrogens is 1. The van der Waals surface area contributed by atoms with Crippen molar-refractivity contribution in [1.29, 1.82) is 0 Å². The number of hydrogen-bond donors (Lipinski definition) is 1. The highest BCUT2D eigenvalue weighted by Crippen LogP contribution is 2.23. The molecule has 0 amide bonds. The van der Waals surface area contributed by atoms with Crippen LogP contribution < -0.4 is 5.32 Å².